The average Bonchev–Trinajstić information content (AvgIpc) is 2.53. The average molecular weight is 291 g/mol. The fourth-order valence-electron chi connectivity index (χ4n) is 2.28. The predicted octanol–water partition coefficient (Wildman–Crippen LogP) is 2.46. The first-order valence-electron chi connectivity index (χ1n) is 7.79. The van der Waals surface area contributed by atoms with Crippen LogP contribution in [0.25, 0.3) is 0 Å². The summed E-state index contributed by atoms with van der Waals surface area (Å²) in [6.07, 6.45) is 3.09. The van der Waals surface area contributed by atoms with E-state index in [0.717, 1.165) is 50.3 Å². The Balaban J connectivity index is 1.76. The Morgan fingerprint density at radius 1 is 1.24 bits per heavy atom. The highest BCUT2D eigenvalue weighted by molar-refractivity contribution is 6.02. The van der Waals surface area contributed by atoms with Crippen molar-refractivity contribution in [1.29, 1.82) is 0 Å². The summed E-state index contributed by atoms with van der Waals surface area (Å²) >= 11 is 0. The van der Waals surface area contributed by atoms with Crippen LogP contribution in [0.15, 0.2) is 18.2 Å². The summed E-state index contributed by atoms with van der Waals surface area (Å²) in [5.41, 5.74) is 2.60. The Morgan fingerprint density at radius 2 is 2.05 bits per heavy atom. The molecule has 5 nitrogen and oxygen atoms in total. The maximum atomic E-state index is 12.2. The van der Waals surface area contributed by atoms with Crippen LogP contribution in [-0.4, -0.2) is 38.8 Å². The van der Waals surface area contributed by atoms with E-state index in [2.05, 4.69) is 22.9 Å². The van der Waals surface area contributed by atoms with Gasteiger partial charge in [0.1, 0.15) is 0 Å². The van der Waals surface area contributed by atoms with Crippen LogP contribution in [0, 0.1) is 0 Å². The molecule has 5 heteroatoms. The fourth-order valence-corrected chi connectivity index (χ4v) is 2.28. The molecular weight excluding hydrogens is 266 g/mol. The minimum absolute atomic E-state index is 0.0309. The number of nitrogens with one attached hydrogen (secondary N) is 3. The zero-order valence-electron chi connectivity index (χ0n) is 12.7. The Kier molecular flexibility index (Phi) is 6.34. The summed E-state index contributed by atoms with van der Waals surface area (Å²) < 4.78 is 5.48. The largest absolute Gasteiger partial charge is 0.382 e. The van der Waals surface area contributed by atoms with Gasteiger partial charge in [0.2, 0.25) is 0 Å². The van der Waals surface area contributed by atoms with Gasteiger partial charge in [-0.25, -0.2) is 0 Å². The van der Waals surface area contributed by atoms with E-state index >= 15 is 0 Å². The van der Waals surface area contributed by atoms with E-state index in [1.54, 1.807) is 0 Å². The van der Waals surface area contributed by atoms with Crippen LogP contribution in [0.5, 0.6) is 0 Å². The first-order valence-corrected chi connectivity index (χ1v) is 7.79. The van der Waals surface area contributed by atoms with Gasteiger partial charge in [-0.15, -0.1) is 0 Å². The molecule has 0 saturated heterocycles. The van der Waals surface area contributed by atoms with E-state index in [4.69, 9.17) is 4.74 Å². The lowest BCUT2D eigenvalue weighted by atomic mass is 10.1. The molecule has 0 atom stereocenters. The minimum Gasteiger partial charge on any atom is -0.382 e. The molecule has 116 valence electrons. The van der Waals surface area contributed by atoms with Gasteiger partial charge in [0.15, 0.2) is 0 Å². The molecule has 3 N–H and O–H groups in total. The van der Waals surface area contributed by atoms with Gasteiger partial charge in [-0.2, -0.15) is 0 Å². The third-order valence-electron chi connectivity index (χ3n) is 3.44. The van der Waals surface area contributed by atoms with Crippen LogP contribution >= 0.6 is 0 Å². The standard InChI is InChI=1S/C16H25N3O2/c1-2-3-11-21-12-5-8-19-16(20)13-6-4-7-14-15(13)18-10-9-17-14/h4,6-7,17-18H,2-3,5,8-12H2,1H3,(H,19,20). The molecule has 1 aliphatic heterocycles. The van der Waals surface area contributed by atoms with Gasteiger partial charge in [0.25, 0.3) is 5.91 Å². The number of hydrogen-bond donors (Lipinski definition) is 3. The summed E-state index contributed by atoms with van der Waals surface area (Å²) in [6.45, 7) is 6.02. The van der Waals surface area contributed by atoms with Gasteiger partial charge in [0, 0.05) is 32.8 Å². The maximum Gasteiger partial charge on any atom is 0.253 e. The van der Waals surface area contributed by atoms with Gasteiger partial charge < -0.3 is 20.7 Å². The van der Waals surface area contributed by atoms with Gasteiger partial charge in [-0.1, -0.05) is 19.4 Å². The zero-order valence-corrected chi connectivity index (χ0v) is 12.7. The summed E-state index contributed by atoms with van der Waals surface area (Å²) in [5.74, 6) is -0.0309. The molecule has 0 spiro atoms. The first-order chi connectivity index (χ1) is 10.3. The van der Waals surface area contributed by atoms with E-state index in [1.807, 2.05) is 18.2 Å². The summed E-state index contributed by atoms with van der Waals surface area (Å²) in [7, 11) is 0. The van der Waals surface area contributed by atoms with Gasteiger partial charge >= 0.3 is 0 Å². The molecule has 1 aromatic rings. The number of para-hydroxylation sites is 1. The number of hydrogen-bond acceptors (Lipinski definition) is 4. The molecule has 0 aliphatic carbocycles. The number of fused-ring (bicyclic) bond motifs is 1. The Labute approximate surface area is 126 Å². The molecule has 0 fully saturated rings. The highest BCUT2D eigenvalue weighted by atomic mass is 16.5. The topological polar surface area (TPSA) is 62.4 Å². The first kappa shape index (κ1) is 15.6. The molecular formula is C16H25N3O2. The lowest BCUT2D eigenvalue weighted by molar-refractivity contribution is 0.0941. The summed E-state index contributed by atoms with van der Waals surface area (Å²) in [6, 6.07) is 5.74. The van der Waals surface area contributed by atoms with E-state index in [9.17, 15) is 4.79 Å². The SMILES string of the molecule is CCCCOCCCNC(=O)c1cccc2c1NCCN2. The zero-order chi connectivity index (χ0) is 14.9. The number of ether oxygens (including phenoxy) is 1. The quantitative estimate of drug-likeness (QED) is 0.644. The van der Waals surface area contributed by atoms with Gasteiger partial charge in [0.05, 0.1) is 16.9 Å². The second-order valence-electron chi connectivity index (χ2n) is 5.16. The van der Waals surface area contributed by atoms with Crippen molar-refractivity contribution in [1.82, 2.24) is 5.32 Å². The number of carbonyl (C=O) groups is 1. The molecule has 0 radical (unpaired) electrons. The van der Waals surface area contributed by atoms with Crippen molar-refractivity contribution in [2.75, 3.05) is 43.5 Å². The van der Waals surface area contributed by atoms with Crippen LogP contribution in [0.4, 0.5) is 11.4 Å². The molecule has 0 aromatic heterocycles. The molecule has 1 aromatic carbocycles. The number of benzene rings is 1. The van der Waals surface area contributed by atoms with E-state index < -0.39 is 0 Å². The molecule has 1 aliphatic rings. The monoisotopic (exact) mass is 291 g/mol. The van der Waals surface area contributed by atoms with Crippen LogP contribution in [-0.2, 0) is 4.74 Å². The van der Waals surface area contributed by atoms with Gasteiger partial charge in [-0.05, 0) is 25.0 Å². The number of carbonyl (C=O) groups excluding carboxylic acids is 1. The molecule has 2 rings (SSSR count). The van der Waals surface area contributed by atoms with Crippen LogP contribution in [0.2, 0.25) is 0 Å². The number of unbranched alkanes of at least 4 members (excludes halogenated alkanes) is 1. The normalized spacial score (nSPS) is 13.0. The van der Waals surface area contributed by atoms with Crippen molar-refractivity contribution >= 4 is 17.3 Å². The van der Waals surface area contributed by atoms with E-state index in [1.165, 1.54) is 0 Å². The van der Waals surface area contributed by atoms with Crippen LogP contribution in [0.1, 0.15) is 36.5 Å². The highest BCUT2D eigenvalue weighted by Crippen LogP contribution is 2.28. The molecule has 0 saturated carbocycles. The van der Waals surface area contributed by atoms with E-state index in [-0.39, 0.29) is 5.91 Å². The van der Waals surface area contributed by atoms with E-state index in [0.29, 0.717) is 18.7 Å². The summed E-state index contributed by atoms with van der Waals surface area (Å²) in [4.78, 5) is 12.2. The van der Waals surface area contributed by atoms with Crippen LogP contribution in [0.3, 0.4) is 0 Å². The Bertz CT molecular complexity index is 463. The van der Waals surface area contributed by atoms with Crippen molar-refractivity contribution in [2.45, 2.75) is 26.2 Å². The second kappa shape index (κ2) is 8.52. The van der Waals surface area contributed by atoms with Crippen molar-refractivity contribution in [3.05, 3.63) is 23.8 Å². The Morgan fingerprint density at radius 3 is 2.90 bits per heavy atom. The maximum absolute atomic E-state index is 12.2. The molecule has 0 bridgehead atoms. The van der Waals surface area contributed by atoms with Crippen molar-refractivity contribution in [3.8, 4) is 0 Å². The van der Waals surface area contributed by atoms with Crippen molar-refractivity contribution in [2.24, 2.45) is 0 Å². The number of anilines is 2. The fraction of sp³-hybridized carbons (Fsp3) is 0.562. The lowest BCUT2D eigenvalue weighted by Crippen LogP contribution is -2.28. The third kappa shape index (κ3) is 4.63. The second-order valence-corrected chi connectivity index (χ2v) is 5.16. The Hall–Kier alpha value is -1.75. The number of amides is 1. The molecule has 0 unspecified atom stereocenters. The predicted molar refractivity (Wildman–Crippen MR) is 86.1 cm³/mol. The minimum atomic E-state index is -0.0309. The lowest BCUT2D eigenvalue weighted by Gasteiger charge is -2.22. The summed E-state index contributed by atoms with van der Waals surface area (Å²) in [5, 5.41) is 9.53. The smallest absolute Gasteiger partial charge is 0.253 e. The van der Waals surface area contributed by atoms with Crippen molar-refractivity contribution in [3.63, 3.8) is 0 Å². The molecule has 21 heavy (non-hydrogen) atoms. The van der Waals surface area contributed by atoms with Crippen LogP contribution < -0.4 is 16.0 Å². The number of rotatable bonds is 8. The van der Waals surface area contributed by atoms with Gasteiger partial charge in [-0.3, -0.25) is 4.79 Å². The third-order valence-corrected chi connectivity index (χ3v) is 3.44. The van der Waals surface area contributed by atoms with Crippen molar-refractivity contribution < 1.29 is 9.53 Å². The molecule has 1 heterocycles. The highest BCUT2D eigenvalue weighted by Gasteiger charge is 2.16. The molecule has 1 amide bonds.